The summed E-state index contributed by atoms with van der Waals surface area (Å²) in [6.45, 7) is 12.0. The highest BCUT2D eigenvalue weighted by atomic mass is 13.9. The lowest BCUT2D eigenvalue weighted by Gasteiger charge is -1.69. The first-order valence-corrected chi connectivity index (χ1v) is 5.15. The quantitative estimate of drug-likeness (QED) is 0.444. The molecule has 0 bridgehead atoms. The molecule has 0 radical (unpaired) electrons. The van der Waals surface area contributed by atoms with Crippen molar-refractivity contribution in [3.05, 3.63) is 12.2 Å². The molecule has 0 heteroatoms. The maximum atomic E-state index is 2.24. The fourth-order valence-corrected chi connectivity index (χ4v) is 0.589. The van der Waals surface area contributed by atoms with E-state index < -0.39 is 0 Å². The van der Waals surface area contributed by atoms with Gasteiger partial charge >= 0.3 is 0 Å². The normalized spacial score (nSPS) is 11.1. The molecule has 0 unspecified atom stereocenters. The minimum Gasteiger partial charge on any atom is -0.0885 e. The van der Waals surface area contributed by atoms with Crippen molar-refractivity contribution in [1.82, 2.24) is 0 Å². The van der Waals surface area contributed by atoms with Gasteiger partial charge in [-0.05, 0) is 19.3 Å². The molecule has 0 aromatic carbocycles. The van der Waals surface area contributed by atoms with Crippen molar-refractivity contribution in [2.24, 2.45) is 0 Å². The second-order valence-electron chi connectivity index (χ2n) is 1.40. The molecule has 1 aliphatic rings. The molecule has 11 heavy (non-hydrogen) atoms. The van der Waals surface area contributed by atoms with Gasteiger partial charge in [-0.2, -0.15) is 0 Å². The molecule has 0 heterocycles. The maximum Gasteiger partial charge on any atom is -0.0348 e. The van der Waals surface area contributed by atoms with Crippen molar-refractivity contribution in [2.75, 3.05) is 0 Å². The molecule has 1 rings (SSSR count). The molecule has 70 valence electrons. The second-order valence-corrected chi connectivity index (χ2v) is 1.40. The zero-order valence-corrected chi connectivity index (χ0v) is 9.28. The van der Waals surface area contributed by atoms with E-state index in [9.17, 15) is 0 Å². The Morgan fingerprint density at radius 3 is 1.00 bits per heavy atom. The van der Waals surface area contributed by atoms with Crippen LogP contribution in [0.15, 0.2) is 12.2 Å². The molecule has 0 fully saturated rings. The van der Waals surface area contributed by atoms with E-state index >= 15 is 0 Å². The van der Waals surface area contributed by atoms with Gasteiger partial charge in [-0.15, -0.1) is 0 Å². The van der Waals surface area contributed by atoms with Gasteiger partial charge in [0.2, 0.25) is 0 Å². The van der Waals surface area contributed by atoms with Crippen LogP contribution in [0.2, 0.25) is 0 Å². The third-order valence-electron chi connectivity index (χ3n) is 0.908. The van der Waals surface area contributed by atoms with Crippen molar-refractivity contribution >= 4 is 0 Å². The lowest BCUT2D eigenvalue weighted by Crippen LogP contribution is -1.50. The van der Waals surface area contributed by atoms with Crippen molar-refractivity contribution in [3.8, 4) is 0 Å². The van der Waals surface area contributed by atoms with Gasteiger partial charge < -0.3 is 0 Å². The van der Waals surface area contributed by atoms with E-state index in [1.165, 1.54) is 19.3 Å². The standard InChI is InChI=1S/C5H8.3C2H6/c1-2-4-5-3-1;3*1-2/h1-2H,3-5H2;3*1-2H3. The Balaban J connectivity index is -0.0000000933. The Hall–Kier alpha value is -0.260. The van der Waals surface area contributed by atoms with Crippen LogP contribution in [-0.2, 0) is 0 Å². The highest BCUT2D eigenvalue weighted by Gasteiger charge is 1.84. The van der Waals surface area contributed by atoms with Crippen LogP contribution in [0.4, 0.5) is 0 Å². The lowest BCUT2D eigenvalue weighted by atomic mass is 10.4. The highest BCUT2D eigenvalue weighted by Crippen LogP contribution is 2.05. The van der Waals surface area contributed by atoms with Crippen LogP contribution in [0.1, 0.15) is 60.8 Å². The largest absolute Gasteiger partial charge is 0.0885 e. The zero-order chi connectivity index (χ0) is 9.54. The molecule has 0 nitrogen and oxygen atoms in total. The average Bonchev–Trinajstić information content (AvgIpc) is 2.71. The third kappa shape index (κ3) is 26.0. The minimum atomic E-state index is 1.32. The predicted molar refractivity (Wildman–Crippen MR) is 57.0 cm³/mol. The van der Waals surface area contributed by atoms with Gasteiger partial charge in [0.05, 0.1) is 0 Å². The topological polar surface area (TPSA) is 0 Å². The molecule has 0 aliphatic heterocycles. The van der Waals surface area contributed by atoms with E-state index in [2.05, 4.69) is 12.2 Å². The Bertz CT molecular complexity index is 38.0. The summed E-state index contributed by atoms with van der Waals surface area (Å²) in [5, 5.41) is 0. The number of rotatable bonds is 0. The van der Waals surface area contributed by atoms with E-state index in [4.69, 9.17) is 0 Å². The van der Waals surface area contributed by atoms with Crippen LogP contribution in [-0.4, -0.2) is 0 Å². The summed E-state index contributed by atoms with van der Waals surface area (Å²) in [7, 11) is 0. The molecule has 0 N–H and O–H groups in total. The fraction of sp³-hybridized carbons (Fsp3) is 0.818. The Morgan fingerprint density at radius 2 is 0.909 bits per heavy atom. The first-order valence-electron chi connectivity index (χ1n) is 5.15. The molecular weight excluding hydrogens is 132 g/mol. The third-order valence-corrected chi connectivity index (χ3v) is 0.908. The smallest absolute Gasteiger partial charge is 0.0348 e. The summed E-state index contributed by atoms with van der Waals surface area (Å²) in [4.78, 5) is 0. The van der Waals surface area contributed by atoms with Gasteiger partial charge in [-0.3, -0.25) is 0 Å². The maximum absolute atomic E-state index is 2.24. The lowest BCUT2D eigenvalue weighted by molar-refractivity contribution is 0.929. The van der Waals surface area contributed by atoms with E-state index in [0.29, 0.717) is 0 Å². The van der Waals surface area contributed by atoms with Gasteiger partial charge in [-0.25, -0.2) is 0 Å². The molecule has 0 aromatic heterocycles. The van der Waals surface area contributed by atoms with Crippen molar-refractivity contribution in [3.63, 3.8) is 0 Å². The molecule has 0 spiro atoms. The monoisotopic (exact) mass is 158 g/mol. The summed E-state index contributed by atoms with van der Waals surface area (Å²) in [6.07, 6.45) is 8.50. The molecule has 0 saturated heterocycles. The van der Waals surface area contributed by atoms with E-state index in [1.54, 1.807) is 0 Å². The van der Waals surface area contributed by atoms with E-state index in [1.807, 2.05) is 41.5 Å². The Morgan fingerprint density at radius 1 is 0.636 bits per heavy atom. The highest BCUT2D eigenvalue weighted by molar-refractivity contribution is 4.88. The van der Waals surface area contributed by atoms with Crippen molar-refractivity contribution in [2.45, 2.75) is 60.8 Å². The molecule has 0 saturated carbocycles. The molecule has 1 aliphatic carbocycles. The zero-order valence-electron chi connectivity index (χ0n) is 9.28. The Kier molecular flexibility index (Phi) is 51.2. The number of hydrogen-bond donors (Lipinski definition) is 0. The van der Waals surface area contributed by atoms with E-state index in [-0.39, 0.29) is 0 Å². The van der Waals surface area contributed by atoms with Gasteiger partial charge in [0.25, 0.3) is 0 Å². The summed E-state index contributed by atoms with van der Waals surface area (Å²) >= 11 is 0. The van der Waals surface area contributed by atoms with Gasteiger partial charge in [0.15, 0.2) is 0 Å². The molecule has 0 amide bonds. The van der Waals surface area contributed by atoms with Crippen LogP contribution in [0.25, 0.3) is 0 Å². The van der Waals surface area contributed by atoms with Crippen LogP contribution in [0.5, 0.6) is 0 Å². The SMILES string of the molecule is C1=CCCC1.CC.CC.CC. The van der Waals surface area contributed by atoms with Crippen LogP contribution in [0, 0.1) is 0 Å². The Labute approximate surface area is 73.7 Å². The predicted octanol–water partition coefficient (Wildman–Crippen LogP) is 4.81. The number of allylic oxidation sites excluding steroid dienone is 2. The van der Waals surface area contributed by atoms with Crippen LogP contribution >= 0.6 is 0 Å². The van der Waals surface area contributed by atoms with Crippen LogP contribution in [0.3, 0.4) is 0 Å². The minimum absolute atomic E-state index is 1.32. The number of hydrogen-bond acceptors (Lipinski definition) is 0. The average molecular weight is 158 g/mol. The summed E-state index contributed by atoms with van der Waals surface area (Å²) in [5.74, 6) is 0. The van der Waals surface area contributed by atoms with Crippen molar-refractivity contribution in [1.29, 1.82) is 0 Å². The first kappa shape index (κ1) is 17.0. The molecule has 0 atom stereocenters. The van der Waals surface area contributed by atoms with E-state index in [0.717, 1.165) is 0 Å². The fourth-order valence-electron chi connectivity index (χ4n) is 0.589. The summed E-state index contributed by atoms with van der Waals surface area (Å²) in [5.41, 5.74) is 0. The second kappa shape index (κ2) is 33.1. The first-order chi connectivity index (χ1) is 5.50. The van der Waals surface area contributed by atoms with Gasteiger partial charge in [0.1, 0.15) is 0 Å². The molecule has 0 aromatic rings. The van der Waals surface area contributed by atoms with Gasteiger partial charge in [0, 0.05) is 0 Å². The summed E-state index contributed by atoms with van der Waals surface area (Å²) in [6, 6.07) is 0. The van der Waals surface area contributed by atoms with Crippen LogP contribution < -0.4 is 0 Å². The van der Waals surface area contributed by atoms with Crippen molar-refractivity contribution < 1.29 is 0 Å². The van der Waals surface area contributed by atoms with Gasteiger partial charge in [-0.1, -0.05) is 53.7 Å². The molecular formula is C11H26. The summed E-state index contributed by atoms with van der Waals surface area (Å²) < 4.78 is 0.